The third-order valence-corrected chi connectivity index (χ3v) is 4.44. The average molecular weight is 239 g/mol. The predicted molar refractivity (Wildman–Crippen MR) is 68.9 cm³/mol. The van der Waals surface area contributed by atoms with Crippen molar-refractivity contribution in [1.29, 1.82) is 0 Å². The van der Waals surface area contributed by atoms with Crippen LogP contribution >= 0.6 is 11.3 Å². The molecule has 0 spiro atoms. The molecule has 0 saturated carbocycles. The van der Waals surface area contributed by atoms with Crippen molar-refractivity contribution in [1.82, 2.24) is 15.6 Å². The molecule has 1 aliphatic heterocycles. The Labute approximate surface area is 102 Å². The van der Waals surface area contributed by atoms with Gasteiger partial charge in [0.05, 0.1) is 6.04 Å². The van der Waals surface area contributed by atoms with E-state index < -0.39 is 0 Å². The van der Waals surface area contributed by atoms with Crippen LogP contribution < -0.4 is 10.6 Å². The molecule has 2 atom stereocenters. The van der Waals surface area contributed by atoms with Crippen LogP contribution in [0.25, 0.3) is 0 Å². The summed E-state index contributed by atoms with van der Waals surface area (Å²) in [5, 5.41) is 10.3. The molecule has 4 heteroatoms. The van der Waals surface area contributed by atoms with Crippen LogP contribution in [0.2, 0.25) is 0 Å². The molecular weight excluding hydrogens is 218 g/mol. The van der Waals surface area contributed by atoms with Crippen molar-refractivity contribution < 1.29 is 0 Å². The van der Waals surface area contributed by atoms with Crippen molar-refractivity contribution in [3.63, 3.8) is 0 Å². The second-order valence-electron chi connectivity index (χ2n) is 5.17. The minimum Gasteiger partial charge on any atom is -0.316 e. The Kier molecular flexibility index (Phi) is 3.62. The van der Waals surface area contributed by atoms with E-state index in [1.807, 2.05) is 0 Å². The lowest BCUT2D eigenvalue weighted by Gasteiger charge is -2.25. The number of nitrogens with zero attached hydrogens (tertiary/aromatic N) is 1. The van der Waals surface area contributed by atoms with Crippen LogP contribution in [0.4, 0.5) is 0 Å². The molecule has 0 aliphatic carbocycles. The summed E-state index contributed by atoms with van der Waals surface area (Å²) in [6, 6.07) is 0.371. The molecule has 1 saturated heterocycles. The number of hydrogen-bond acceptors (Lipinski definition) is 4. The fourth-order valence-corrected chi connectivity index (χ4v) is 2.91. The molecule has 1 aromatic rings. The van der Waals surface area contributed by atoms with E-state index in [2.05, 4.69) is 41.8 Å². The highest BCUT2D eigenvalue weighted by Gasteiger charge is 2.28. The standard InChI is InChI=1S/C12H21N3S/c1-9-6-16-11(15-9)10(2)14-8-12(3)4-5-13-7-12/h6,10,13-14H,4-5,7-8H2,1-3H3. The monoisotopic (exact) mass is 239 g/mol. The summed E-state index contributed by atoms with van der Waals surface area (Å²) in [6.45, 7) is 9.95. The van der Waals surface area contributed by atoms with Crippen LogP contribution in [0.5, 0.6) is 0 Å². The number of thiazole rings is 1. The van der Waals surface area contributed by atoms with Crippen molar-refractivity contribution in [2.45, 2.75) is 33.2 Å². The van der Waals surface area contributed by atoms with E-state index in [-0.39, 0.29) is 0 Å². The maximum Gasteiger partial charge on any atom is 0.110 e. The van der Waals surface area contributed by atoms with Crippen molar-refractivity contribution in [3.05, 3.63) is 16.1 Å². The van der Waals surface area contributed by atoms with Gasteiger partial charge in [-0.05, 0) is 32.2 Å². The molecular formula is C12H21N3S. The maximum absolute atomic E-state index is 4.52. The van der Waals surface area contributed by atoms with Crippen LogP contribution in [-0.2, 0) is 0 Å². The molecule has 0 bridgehead atoms. The van der Waals surface area contributed by atoms with E-state index in [9.17, 15) is 0 Å². The molecule has 2 rings (SSSR count). The number of rotatable bonds is 4. The summed E-state index contributed by atoms with van der Waals surface area (Å²) in [6.07, 6.45) is 1.27. The average Bonchev–Trinajstić information content (AvgIpc) is 2.85. The summed E-state index contributed by atoms with van der Waals surface area (Å²) in [5.74, 6) is 0. The first-order valence-corrected chi connectivity index (χ1v) is 6.83. The largest absolute Gasteiger partial charge is 0.316 e. The van der Waals surface area contributed by atoms with E-state index in [0.717, 1.165) is 25.3 Å². The van der Waals surface area contributed by atoms with Gasteiger partial charge >= 0.3 is 0 Å². The number of hydrogen-bond donors (Lipinski definition) is 2. The Morgan fingerprint density at radius 3 is 3.06 bits per heavy atom. The fourth-order valence-electron chi connectivity index (χ4n) is 2.08. The van der Waals surface area contributed by atoms with Crippen LogP contribution in [0.3, 0.4) is 0 Å². The van der Waals surface area contributed by atoms with Gasteiger partial charge in [-0.15, -0.1) is 11.3 Å². The molecule has 90 valence electrons. The zero-order chi connectivity index (χ0) is 11.6. The molecule has 0 radical (unpaired) electrons. The number of nitrogens with one attached hydrogen (secondary N) is 2. The summed E-state index contributed by atoms with van der Waals surface area (Å²) in [5.41, 5.74) is 1.54. The second-order valence-corrected chi connectivity index (χ2v) is 6.06. The minimum atomic E-state index is 0.371. The SMILES string of the molecule is Cc1csc(C(C)NCC2(C)CCNC2)n1. The zero-order valence-electron chi connectivity index (χ0n) is 10.3. The van der Waals surface area contributed by atoms with Crippen molar-refractivity contribution in [2.24, 2.45) is 5.41 Å². The van der Waals surface area contributed by atoms with Gasteiger partial charge in [0.15, 0.2) is 0 Å². The van der Waals surface area contributed by atoms with Crippen LogP contribution in [-0.4, -0.2) is 24.6 Å². The van der Waals surface area contributed by atoms with E-state index in [1.165, 1.54) is 11.4 Å². The van der Waals surface area contributed by atoms with Gasteiger partial charge in [0.25, 0.3) is 0 Å². The third kappa shape index (κ3) is 2.81. The normalized spacial score (nSPS) is 27.2. The van der Waals surface area contributed by atoms with E-state index in [4.69, 9.17) is 0 Å². The lowest BCUT2D eigenvalue weighted by molar-refractivity contribution is 0.324. The molecule has 3 nitrogen and oxygen atoms in total. The van der Waals surface area contributed by atoms with Gasteiger partial charge in [-0.1, -0.05) is 6.92 Å². The number of aromatic nitrogens is 1. The Bertz CT molecular complexity index is 342. The first-order chi connectivity index (χ1) is 7.59. The summed E-state index contributed by atoms with van der Waals surface area (Å²) in [4.78, 5) is 4.52. The quantitative estimate of drug-likeness (QED) is 0.845. The van der Waals surface area contributed by atoms with E-state index in [1.54, 1.807) is 11.3 Å². The topological polar surface area (TPSA) is 37.0 Å². The van der Waals surface area contributed by atoms with Gasteiger partial charge in [-0.25, -0.2) is 4.98 Å². The van der Waals surface area contributed by atoms with Gasteiger partial charge in [0.1, 0.15) is 5.01 Å². The maximum atomic E-state index is 4.52. The molecule has 1 aliphatic rings. The summed E-state index contributed by atoms with van der Waals surface area (Å²) < 4.78 is 0. The first kappa shape index (κ1) is 12.0. The molecule has 1 aromatic heterocycles. The lowest BCUT2D eigenvalue weighted by atomic mass is 9.90. The number of aryl methyl sites for hydroxylation is 1. The van der Waals surface area contributed by atoms with Crippen LogP contribution in [0.1, 0.15) is 37.0 Å². The van der Waals surface area contributed by atoms with Gasteiger partial charge in [-0.3, -0.25) is 0 Å². The first-order valence-electron chi connectivity index (χ1n) is 5.95. The Balaban J connectivity index is 1.86. The van der Waals surface area contributed by atoms with E-state index >= 15 is 0 Å². The smallest absolute Gasteiger partial charge is 0.110 e. The van der Waals surface area contributed by atoms with Crippen molar-refractivity contribution in [2.75, 3.05) is 19.6 Å². The molecule has 16 heavy (non-hydrogen) atoms. The van der Waals surface area contributed by atoms with Gasteiger partial charge in [0.2, 0.25) is 0 Å². The Hall–Kier alpha value is -0.450. The lowest BCUT2D eigenvalue weighted by Crippen LogP contribution is -2.34. The van der Waals surface area contributed by atoms with Crippen molar-refractivity contribution >= 4 is 11.3 Å². The van der Waals surface area contributed by atoms with Gasteiger partial charge < -0.3 is 10.6 Å². The zero-order valence-corrected chi connectivity index (χ0v) is 11.2. The molecule has 1 fully saturated rings. The predicted octanol–water partition coefficient (Wildman–Crippen LogP) is 2.10. The minimum absolute atomic E-state index is 0.371. The molecule has 2 heterocycles. The highest BCUT2D eigenvalue weighted by Crippen LogP contribution is 2.25. The fraction of sp³-hybridized carbons (Fsp3) is 0.750. The van der Waals surface area contributed by atoms with Gasteiger partial charge in [-0.2, -0.15) is 0 Å². The van der Waals surface area contributed by atoms with Crippen LogP contribution in [0, 0.1) is 12.3 Å². The molecule has 2 N–H and O–H groups in total. The van der Waals surface area contributed by atoms with Crippen molar-refractivity contribution in [3.8, 4) is 0 Å². The molecule has 0 aromatic carbocycles. The van der Waals surface area contributed by atoms with Gasteiger partial charge in [0, 0.05) is 24.2 Å². The van der Waals surface area contributed by atoms with E-state index in [0.29, 0.717) is 11.5 Å². The third-order valence-electron chi connectivity index (χ3n) is 3.30. The summed E-state index contributed by atoms with van der Waals surface area (Å²) >= 11 is 1.75. The summed E-state index contributed by atoms with van der Waals surface area (Å²) in [7, 11) is 0. The highest BCUT2D eigenvalue weighted by atomic mass is 32.1. The molecule has 0 amide bonds. The Morgan fingerprint density at radius 1 is 1.69 bits per heavy atom. The second kappa shape index (κ2) is 4.82. The van der Waals surface area contributed by atoms with Crippen LogP contribution in [0.15, 0.2) is 5.38 Å². The molecule has 2 unspecified atom stereocenters. The Morgan fingerprint density at radius 2 is 2.50 bits per heavy atom. The highest BCUT2D eigenvalue weighted by molar-refractivity contribution is 7.09.